The Labute approximate surface area is 564 Å². The van der Waals surface area contributed by atoms with Crippen LogP contribution in [0.4, 0.5) is 0 Å². The Balaban J connectivity index is 1.14. The lowest BCUT2D eigenvalue weighted by Crippen LogP contribution is -2.18. The van der Waals surface area contributed by atoms with Gasteiger partial charge in [-0.25, -0.2) is 34.7 Å². The highest BCUT2D eigenvalue weighted by atomic mass is 16.4. The molecule has 13 aromatic carbocycles. The van der Waals surface area contributed by atoms with Gasteiger partial charge in [-0.2, -0.15) is 0 Å². The summed E-state index contributed by atoms with van der Waals surface area (Å²) in [4.78, 5) is 50.4. The summed E-state index contributed by atoms with van der Waals surface area (Å²) in [5.74, 6) is 1.67. The van der Waals surface area contributed by atoms with E-state index in [0.29, 0.717) is 56.7 Å². The van der Waals surface area contributed by atoms with Gasteiger partial charge in [0.05, 0.1) is 66.5 Å². The maximum Gasteiger partial charge on any atom is 0.348 e. The molecule has 0 aliphatic heterocycles. The zero-order valence-electron chi connectivity index (χ0n) is 52.8. The summed E-state index contributed by atoms with van der Waals surface area (Å²) in [7, 11) is 0. The van der Waals surface area contributed by atoms with Gasteiger partial charge in [0.15, 0.2) is 40.5 Å². The van der Waals surface area contributed by atoms with Gasteiger partial charge in [0.2, 0.25) is 0 Å². The summed E-state index contributed by atoms with van der Waals surface area (Å²) in [5, 5.41) is 8.66. The Morgan fingerprint density at radius 1 is 0.212 bits per heavy atom. The first-order valence-corrected chi connectivity index (χ1v) is 33.0. The van der Waals surface area contributed by atoms with Crippen LogP contribution in [0.25, 0.3) is 189 Å². The molecule has 0 N–H and O–H groups in total. The molecule has 0 aliphatic rings. The first-order valence-electron chi connectivity index (χ1n) is 33.0. The van der Waals surface area contributed by atoms with Crippen LogP contribution in [0.1, 0.15) is 0 Å². The van der Waals surface area contributed by atoms with Gasteiger partial charge in [0.1, 0.15) is 16.9 Å². The third kappa shape index (κ3) is 8.56. The van der Waals surface area contributed by atoms with E-state index in [1.165, 1.54) is 0 Å². The molecule has 0 bridgehead atoms. The van der Waals surface area contributed by atoms with E-state index < -0.39 is 5.63 Å². The van der Waals surface area contributed by atoms with Gasteiger partial charge in [-0.3, -0.25) is 0 Å². The fraction of sp³-hybridized carbons (Fsp3) is 0. The van der Waals surface area contributed by atoms with Gasteiger partial charge in [0, 0.05) is 65.3 Å². The molecule has 0 amide bonds. The molecule has 462 valence electrons. The van der Waals surface area contributed by atoms with Crippen molar-refractivity contribution < 1.29 is 4.42 Å². The predicted octanol–water partition coefficient (Wildman–Crippen LogP) is 20.6. The molecular weight excluding hydrogens is 1220 g/mol. The van der Waals surface area contributed by atoms with Gasteiger partial charge in [-0.15, -0.1) is 0 Å². The second kappa shape index (κ2) is 22.2. The molecule has 12 heteroatoms. The Bertz CT molecular complexity index is 6420. The first-order chi connectivity index (χ1) is 49.1. The first kappa shape index (κ1) is 55.7. The largest absolute Gasteiger partial charge is 0.420 e. The average Bonchev–Trinajstić information content (AvgIpc) is 1.62. The lowest BCUT2D eigenvalue weighted by Gasteiger charge is -2.28. The highest BCUT2D eigenvalue weighted by Crippen LogP contribution is 2.53. The zero-order valence-corrected chi connectivity index (χ0v) is 52.8. The van der Waals surface area contributed by atoms with Crippen molar-refractivity contribution in [1.29, 1.82) is 0 Å². The molecule has 7 heterocycles. The predicted molar refractivity (Wildman–Crippen MR) is 399 cm³/mol. The summed E-state index contributed by atoms with van der Waals surface area (Å²) < 4.78 is 17.3. The normalized spacial score (nSPS) is 11.9. The number of fused-ring (bicyclic) bond motifs is 13. The van der Waals surface area contributed by atoms with Gasteiger partial charge in [0.25, 0.3) is 0 Å². The quantitative estimate of drug-likeness (QED) is 0.124. The highest BCUT2D eigenvalue weighted by Gasteiger charge is 2.38. The number of para-hydroxylation sites is 8. The van der Waals surface area contributed by atoms with E-state index in [4.69, 9.17) is 34.3 Å². The van der Waals surface area contributed by atoms with Crippen LogP contribution in [-0.4, -0.2) is 48.2 Å². The van der Waals surface area contributed by atoms with E-state index in [2.05, 4.69) is 212 Å². The van der Waals surface area contributed by atoms with Crippen molar-refractivity contribution in [2.24, 2.45) is 0 Å². The molecule has 0 aliphatic carbocycles. The lowest BCUT2D eigenvalue weighted by molar-refractivity contribution is 0.561. The molecule has 0 spiro atoms. The summed E-state index contributed by atoms with van der Waals surface area (Å²) in [6, 6.07) is 108. The average molecular weight is 1270 g/mol. The summed E-state index contributed by atoms with van der Waals surface area (Å²) >= 11 is 0. The van der Waals surface area contributed by atoms with Crippen LogP contribution in [0, 0.1) is 0 Å². The second-order valence-electron chi connectivity index (χ2n) is 24.8. The van der Waals surface area contributed by atoms with Crippen molar-refractivity contribution in [2.75, 3.05) is 0 Å². The molecule has 20 rings (SSSR count). The standard InChI is InChI=1S/C87H52N10O2/c98-87-75(86-92-83(55-33-9-3-10-34-55)89-84(93-86)56-35-11-4-12-36-56)73(85-90-81(53-29-5-1-6-30-53)88-82(91-85)54-31-7-2-8-32-54)74-76(94-65-45-21-13-37-57(65)58-38-14-22-46-66(58)94)77(95-67-47-23-15-39-59(67)60-40-16-24-48-68(60)95)78(96-69-49-25-17-41-61(69)62-42-18-26-50-70(62)96)79(80(74)99-87)97-71-51-27-19-43-63(71)64-44-20-28-52-72(64)97/h1-52H. The fourth-order valence-corrected chi connectivity index (χ4v) is 15.1. The highest BCUT2D eigenvalue weighted by molar-refractivity contribution is 6.21. The zero-order chi connectivity index (χ0) is 65.2. The SMILES string of the molecule is O=c1oc2c(-n3c4ccccc4c4ccccc43)c(-n3c4ccccc4c4ccccc43)c(-n3c4ccccc4c4ccccc43)c(-n3c4ccccc4c4ccccc43)c2c(-c2nc(-c3ccccc3)nc(-c3ccccc3)n2)c1-c1nc(-c2ccccc2)nc(-c2ccccc2)n1. The van der Waals surface area contributed by atoms with Crippen LogP contribution in [0.5, 0.6) is 0 Å². The third-order valence-electron chi connectivity index (χ3n) is 19.3. The van der Waals surface area contributed by atoms with Crippen molar-refractivity contribution in [3.63, 3.8) is 0 Å². The maximum atomic E-state index is 17.4. The van der Waals surface area contributed by atoms with Crippen LogP contribution in [-0.2, 0) is 0 Å². The number of hydrogen-bond donors (Lipinski definition) is 0. The fourth-order valence-electron chi connectivity index (χ4n) is 15.1. The van der Waals surface area contributed by atoms with Crippen molar-refractivity contribution >= 4 is 98.2 Å². The Kier molecular flexibility index (Phi) is 12.5. The van der Waals surface area contributed by atoms with Gasteiger partial charge in [-0.1, -0.05) is 267 Å². The number of benzene rings is 13. The number of nitrogens with zero attached hydrogens (tertiary/aromatic N) is 10. The molecule has 99 heavy (non-hydrogen) atoms. The van der Waals surface area contributed by atoms with Crippen molar-refractivity contribution in [2.45, 2.75) is 0 Å². The van der Waals surface area contributed by atoms with E-state index in [-0.39, 0.29) is 22.8 Å². The van der Waals surface area contributed by atoms with E-state index in [0.717, 1.165) is 110 Å². The summed E-state index contributed by atoms with van der Waals surface area (Å²) in [6.07, 6.45) is 0. The van der Waals surface area contributed by atoms with E-state index in [1.54, 1.807) is 0 Å². The van der Waals surface area contributed by atoms with E-state index >= 15 is 4.79 Å². The lowest BCUT2D eigenvalue weighted by atomic mass is 9.96. The molecule has 20 aromatic rings. The van der Waals surface area contributed by atoms with Crippen LogP contribution in [0.2, 0.25) is 0 Å². The van der Waals surface area contributed by atoms with Crippen LogP contribution >= 0.6 is 0 Å². The third-order valence-corrected chi connectivity index (χ3v) is 19.3. The minimum Gasteiger partial charge on any atom is -0.420 e. The second-order valence-corrected chi connectivity index (χ2v) is 24.8. The van der Waals surface area contributed by atoms with Crippen molar-refractivity contribution in [3.05, 3.63) is 326 Å². The molecule has 0 saturated heterocycles. The van der Waals surface area contributed by atoms with Gasteiger partial charge >= 0.3 is 5.63 Å². The van der Waals surface area contributed by atoms with E-state index in [9.17, 15) is 0 Å². The number of rotatable bonds is 10. The number of aromatic nitrogens is 10. The van der Waals surface area contributed by atoms with Crippen LogP contribution in [0.3, 0.4) is 0 Å². The van der Waals surface area contributed by atoms with Crippen LogP contribution < -0.4 is 5.63 Å². The van der Waals surface area contributed by atoms with Crippen molar-refractivity contribution in [1.82, 2.24) is 48.2 Å². The number of hydrogen-bond acceptors (Lipinski definition) is 8. The minimum absolute atomic E-state index is 0.0106. The van der Waals surface area contributed by atoms with Crippen molar-refractivity contribution in [3.8, 4) is 91.1 Å². The molecule has 0 unspecified atom stereocenters. The van der Waals surface area contributed by atoms with Crippen LogP contribution in [0.15, 0.2) is 325 Å². The summed E-state index contributed by atoms with van der Waals surface area (Å²) in [5.41, 5.74) is 12.7. The molecule has 7 aromatic heterocycles. The van der Waals surface area contributed by atoms with Gasteiger partial charge < -0.3 is 22.7 Å². The molecule has 0 radical (unpaired) electrons. The molecule has 0 saturated carbocycles. The summed E-state index contributed by atoms with van der Waals surface area (Å²) in [6.45, 7) is 0. The maximum absolute atomic E-state index is 17.4. The molecule has 0 fully saturated rings. The Morgan fingerprint density at radius 3 is 0.707 bits per heavy atom. The van der Waals surface area contributed by atoms with Gasteiger partial charge in [-0.05, 0) is 48.5 Å². The molecular formula is C87H52N10O2. The van der Waals surface area contributed by atoms with E-state index in [1.807, 2.05) is 121 Å². The topological polar surface area (TPSA) is 127 Å². The Hall–Kier alpha value is -13.7. The molecule has 12 nitrogen and oxygen atoms in total. The smallest absolute Gasteiger partial charge is 0.348 e. The minimum atomic E-state index is -0.738. The monoisotopic (exact) mass is 1270 g/mol. The molecule has 0 atom stereocenters. The Morgan fingerprint density at radius 2 is 0.424 bits per heavy atom.